The molecule has 1 heterocycles. The van der Waals surface area contributed by atoms with Gasteiger partial charge in [-0.3, -0.25) is 4.79 Å². The summed E-state index contributed by atoms with van der Waals surface area (Å²) in [6.45, 7) is 10.9. The molecule has 5 rings (SSSR count). The highest BCUT2D eigenvalue weighted by molar-refractivity contribution is 7.91. The number of nitrogens with one attached hydrogen (secondary N) is 2. The van der Waals surface area contributed by atoms with Crippen molar-refractivity contribution in [1.82, 2.24) is 10.7 Å². The van der Waals surface area contributed by atoms with Crippen molar-refractivity contribution >= 4 is 28.8 Å². The van der Waals surface area contributed by atoms with Gasteiger partial charge in [0.15, 0.2) is 14.9 Å². The summed E-state index contributed by atoms with van der Waals surface area (Å²) >= 11 is 0. The number of rotatable bonds is 13. The van der Waals surface area contributed by atoms with E-state index in [1.54, 1.807) is 23.6 Å². The van der Waals surface area contributed by atoms with Crippen LogP contribution in [0.15, 0.2) is 40.2 Å². The number of carbonyl (C=O) groups is 1. The minimum absolute atomic E-state index is 0.0452. The molecule has 42 heavy (non-hydrogen) atoms. The molecule has 2 bridgehead atoms. The number of guanidine groups is 1. The molecular formula is C28H44BN5O7S. The Morgan fingerprint density at radius 3 is 2.55 bits per heavy atom. The van der Waals surface area contributed by atoms with Gasteiger partial charge in [0.05, 0.1) is 34.2 Å². The molecule has 232 valence electrons. The van der Waals surface area contributed by atoms with Crippen molar-refractivity contribution in [2.45, 2.75) is 89.3 Å². The van der Waals surface area contributed by atoms with Gasteiger partial charge < -0.3 is 20.4 Å². The lowest BCUT2D eigenvalue weighted by molar-refractivity contribution is -0.525. The third-order valence-electron chi connectivity index (χ3n) is 9.44. The number of nitrogens with zero attached hydrogens (tertiary/aromatic N) is 2. The van der Waals surface area contributed by atoms with E-state index in [9.17, 15) is 23.3 Å². The number of nitro groups is 1. The van der Waals surface area contributed by atoms with Crippen molar-refractivity contribution in [3.8, 4) is 0 Å². The summed E-state index contributed by atoms with van der Waals surface area (Å²) in [7, 11) is -4.41. The summed E-state index contributed by atoms with van der Waals surface area (Å²) in [4.78, 5) is 28.4. The molecule has 14 heteroatoms. The Labute approximate surface area is 248 Å². The molecule has 0 radical (unpaired) electrons. The number of hydrogen-bond donors (Lipinski definition) is 3. The van der Waals surface area contributed by atoms with Crippen LogP contribution in [-0.2, 0) is 23.9 Å². The van der Waals surface area contributed by atoms with E-state index in [4.69, 9.17) is 15.0 Å². The number of sulfone groups is 1. The van der Waals surface area contributed by atoms with Crippen LogP contribution in [0.2, 0.25) is 0 Å². The maximum atomic E-state index is 13.8. The number of amides is 1. The molecule has 0 spiro atoms. The third-order valence-corrected chi connectivity index (χ3v) is 11.3. The highest BCUT2D eigenvalue weighted by Gasteiger charge is 2.68. The first-order chi connectivity index (χ1) is 19.6. The topological polar surface area (TPSA) is 175 Å². The van der Waals surface area contributed by atoms with Crippen LogP contribution in [0.3, 0.4) is 0 Å². The SMILES string of the molecule is CC(C)C[C@H](NC(=O)[C@H](CCCN=C(N)N[N+](=O)[O-])CS(=O)(=O)c1ccccc1)B1O[C@@H]2C[C@H]3C[C@H](C3(C)C)[C@]2(C)O1. The second-order valence-electron chi connectivity index (χ2n) is 13.2. The normalized spacial score (nSPS) is 28.0. The summed E-state index contributed by atoms with van der Waals surface area (Å²) in [5.41, 5.74) is 7.01. The number of nitrogens with two attached hydrogens (primary N) is 1. The molecule has 0 aromatic heterocycles. The lowest BCUT2D eigenvalue weighted by atomic mass is 9.43. The van der Waals surface area contributed by atoms with Crippen molar-refractivity contribution in [2.75, 3.05) is 12.3 Å². The average Bonchev–Trinajstić information content (AvgIpc) is 3.27. The molecule has 1 aliphatic heterocycles. The lowest BCUT2D eigenvalue weighted by Gasteiger charge is -2.64. The summed E-state index contributed by atoms with van der Waals surface area (Å²) in [5.74, 6) is -1.33. The Balaban J connectivity index is 1.50. The summed E-state index contributed by atoms with van der Waals surface area (Å²) < 4.78 is 39.7. The predicted octanol–water partition coefficient (Wildman–Crippen LogP) is 2.75. The van der Waals surface area contributed by atoms with Crippen molar-refractivity contribution < 1.29 is 27.6 Å². The van der Waals surface area contributed by atoms with E-state index in [1.807, 2.05) is 0 Å². The van der Waals surface area contributed by atoms with Crippen LogP contribution in [0, 0.1) is 39.2 Å². The van der Waals surface area contributed by atoms with Gasteiger partial charge in [-0.15, -0.1) is 0 Å². The highest BCUT2D eigenvalue weighted by atomic mass is 32.2. The Bertz CT molecular complexity index is 1280. The van der Waals surface area contributed by atoms with Crippen LogP contribution in [0.25, 0.3) is 0 Å². The van der Waals surface area contributed by atoms with Crippen LogP contribution in [0.4, 0.5) is 0 Å². The van der Waals surface area contributed by atoms with Crippen LogP contribution >= 0.6 is 0 Å². The molecule has 4 aliphatic rings. The van der Waals surface area contributed by atoms with Crippen LogP contribution in [0.1, 0.15) is 66.7 Å². The first-order valence-electron chi connectivity index (χ1n) is 14.8. The number of hydrogen-bond acceptors (Lipinski definition) is 8. The number of benzene rings is 1. The number of aliphatic imine (C=N–C) groups is 1. The van der Waals surface area contributed by atoms with Gasteiger partial charge >= 0.3 is 7.12 Å². The number of hydrazine groups is 1. The Kier molecular flexibility index (Phi) is 9.58. The zero-order valence-electron chi connectivity index (χ0n) is 25.1. The van der Waals surface area contributed by atoms with Gasteiger partial charge in [-0.05, 0) is 74.3 Å². The van der Waals surface area contributed by atoms with E-state index in [2.05, 4.69) is 44.9 Å². The first-order valence-corrected chi connectivity index (χ1v) is 16.4. The first kappa shape index (κ1) is 32.2. The van der Waals surface area contributed by atoms with E-state index >= 15 is 0 Å². The highest BCUT2D eigenvalue weighted by Crippen LogP contribution is 2.65. The van der Waals surface area contributed by atoms with Gasteiger partial charge in [-0.2, -0.15) is 0 Å². The smallest absolute Gasteiger partial charge is 0.404 e. The molecule has 1 aromatic rings. The zero-order chi connectivity index (χ0) is 30.9. The maximum absolute atomic E-state index is 13.8. The molecule has 1 amide bonds. The molecule has 0 unspecified atom stereocenters. The van der Waals surface area contributed by atoms with Gasteiger partial charge in [0.25, 0.3) is 5.96 Å². The van der Waals surface area contributed by atoms with E-state index in [1.165, 1.54) is 12.1 Å². The second-order valence-corrected chi connectivity index (χ2v) is 15.2. The van der Waals surface area contributed by atoms with Crippen molar-refractivity contribution in [1.29, 1.82) is 0 Å². The fourth-order valence-corrected chi connectivity index (χ4v) is 8.67. The van der Waals surface area contributed by atoms with Crippen LogP contribution < -0.4 is 16.5 Å². The van der Waals surface area contributed by atoms with Crippen LogP contribution in [-0.4, -0.2) is 62.4 Å². The van der Waals surface area contributed by atoms with E-state index in [0.29, 0.717) is 24.7 Å². The van der Waals surface area contributed by atoms with Gasteiger partial charge in [0, 0.05) is 6.54 Å². The van der Waals surface area contributed by atoms with E-state index in [-0.39, 0.29) is 41.3 Å². The average molecular weight is 606 g/mol. The van der Waals surface area contributed by atoms with Crippen LogP contribution in [0.5, 0.6) is 0 Å². The largest absolute Gasteiger partial charge is 0.481 e. The Morgan fingerprint density at radius 2 is 1.93 bits per heavy atom. The zero-order valence-corrected chi connectivity index (χ0v) is 25.9. The minimum atomic E-state index is -3.78. The second kappa shape index (κ2) is 12.5. The molecule has 1 aromatic carbocycles. The molecule has 4 fully saturated rings. The van der Waals surface area contributed by atoms with Gasteiger partial charge in [-0.1, -0.05) is 51.3 Å². The number of carbonyl (C=O) groups excluding carboxylic acids is 1. The summed E-state index contributed by atoms with van der Waals surface area (Å²) in [6, 6.07) is 8.03. The molecule has 3 aliphatic carbocycles. The molecule has 1 saturated heterocycles. The molecular weight excluding hydrogens is 561 g/mol. The quantitative estimate of drug-likeness (QED) is 0.0762. The van der Waals surface area contributed by atoms with Crippen molar-refractivity contribution in [3.63, 3.8) is 0 Å². The van der Waals surface area contributed by atoms with Gasteiger partial charge in [0.2, 0.25) is 5.91 Å². The summed E-state index contributed by atoms with van der Waals surface area (Å²) in [5, 5.41) is 12.9. The molecule has 6 atom stereocenters. The predicted molar refractivity (Wildman–Crippen MR) is 159 cm³/mol. The van der Waals surface area contributed by atoms with E-state index in [0.717, 1.165) is 12.8 Å². The fraction of sp³-hybridized carbons (Fsp3) is 0.714. The van der Waals surface area contributed by atoms with Gasteiger partial charge in [0.1, 0.15) is 0 Å². The Morgan fingerprint density at radius 1 is 1.24 bits per heavy atom. The van der Waals surface area contributed by atoms with Crippen molar-refractivity contribution in [3.05, 3.63) is 40.4 Å². The Hall–Kier alpha value is -2.71. The lowest BCUT2D eigenvalue weighted by Crippen LogP contribution is -2.65. The molecule has 3 saturated carbocycles. The third kappa shape index (κ3) is 6.91. The summed E-state index contributed by atoms with van der Waals surface area (Å²) in [6.07, 6.45) is 3.07. The monoisotopic (exact) mass is 605 g/mol. The molecule has 4 N–H and O–H groups in total. The molecule has 12 nitrogen and oxygen atoms in total. The maximum Gasteiger partial charge on any atom is 0.481 e. The van der Waals surface area contributed by atoms with E-state index < -0.39 is 51.1 Å². The minimum Gasteiger partial charge on any atom is -0.404 e. The standard InChI is InChI=1S/C28H44BN5O7S/c1-18(2)14-24(29-40-23-16-20-15-22(27(20,3)4)28(23,5)41-29)32-25(35)19(10-9-13-31-26(30)33-34(36)37)17-42(38,39)21-11-7-6-8-12-21/h6-8,11-12,18-20,22-24H,9-10,13-17H2,1-5H3,(H,32,35)(H3,30,31,33)/t19-,20-,22-,23-,24+,28+/m1/s1. The van der Waals surface area contributed by atoms with Gasteiger partial charge in [-0.25, -0.2) is 23.5 Å². The fourth-order valence-electron chi connectivity index (χ4n) is 7.06. The van der Waals surface area contributed by atoms with Crippen molar-refractivity contribution in [2.24, 2.45) is 39.8 Å².